The average molecular weight is 348 g/mol. The SMILES string of the molecule is [Cl][Mo]([Cl])([Cl])([Cl])([Cl])[Cl].[K]. The summed E-state index contributed by atoms with van der Waals surface area (Å²) < 4.78 is 0. The molecule has 0 atom stereocenters. The van der Waals surface area contributed by atoms with Gasteiger partial charge in [-0.2, -0.15) is 0 Å². The van der Waals surface area contributed by atoms with Gasteiger partial charge in [0.05, 0.1) is 0 Å². The molecule has 1 radical (unpaired) electrons. The first-order valence-electron chi connectivity index (χ1n) is 0.926. The maximum atomic E-state index is 5.06. The van der Waals surface area contributed by atoms with Crippen molar-refractivity contribution < 1.29 is 7.31 Å². The van der Waals surface area contributed by atoms with Crippen molar-refractivity contribution in [3.05, 3.63) is 0 Å². The van der Waals surface area contributed by atoms with Gasteiger partial charge in [-0.15, -0.1) is 0 Å². The van der Waals surface area contributed by atoms with Gasteiger partial charge in [-0.25, -0.2) is 0 Å². The van der Waals surface area contributed by atoms with Crippen molar-refractivity contribution in [1.29, 1.82) is 0 Å². The summed E-state index contributed by atoms with van der Waals surface area (Å²) >= 11 is 0. The molecule has 0 aliphatic heterocycles. The van der Waals surface area contributed by atoms with Gasteiger partial charge in [0.1, 0.15) is 0 Å². The Balaban J connectivity index is 0. The Kier molecular flexibility index (Phi) is 5.62. The molecule has 0 nitrogen and oxygen atoms in total. The third-order valence-corrected chi connectivity index (χ3v) is 0. The summed E-state index contributed by atoms with van der Waals surface area (Å²) in [5, 5.41) is 0. The first-order valence-corrected chi connectivity index (χ1v) is 16.4. The van der Waals surface area contributed by atoms with Gasteiger partial charge in [-0.05, 0) is 0 Å². The monoisotopic (exact) mass is 347 g/mol. The molecular weight excluding hydrogens is 348 g/mol. The van der Waals surface area contributed by atoms with Crippen LogP contribution in [-0.4, -0.2) is 51.4 Å². The second-order valence-corrected chi connectivity index (χ2v) is 46.6. The first-order chi connectivity index (χ1) is 2.45. The summed E-state index contributed by atoms with van der Waals surface area (Å²) in [5.74, 6) is 0. The molecule has 0 spiro atoms. The van der Waals surface area contributed by atoms with E-state index in [1.54, 1.807) is 0 Å². The van der Waals surface area contributed by atoms with Crippen LogP contribution in [0.4, 0.5) is 0 Å². The van der Waals surface area contributed by atoms with E-state index in [4.69, 9.17) is 56.5 Å². The predicted molar refractivity (Wildman–Crippen MR) is 40.9 cm³/mol. The van der Waals surface area contributed by atoms with Crippen molar-refractivity contribution in [1.82, 2.24) is 0 Å². The molecule has 8 heavy (non-hydrogen) atoms. The van der Waals surface area contributed by atoms with Crippen molar-refractivity contribution in [3.63, 3.8) is 0 Å². The van der Waals surface area contributed by atoms with Crippen LogP contribution in [0, 0.1) is 0 Å². The fourth-order valence-corrected chi connectivity index (χ4v) is 0. The van der Waals surface area contributed by atoms with E-state index in [-0.39, 0.29) is 51.4 Å². The van der Waals surface area contributed by atoms with Gasteiger partial charge in [0, 0.05) is 51.4 Å². The van der Waals surface area contributed by atoms with Crippen molar-refractivity contribution >= 4 is 108 Å². The van der Waals surface area contributed by atoms with Gasteiger partial charge in [0.15, 0.2) is 0 Å². The second kappa shape index (κ2) is 3.08. The van der Waals surface area contributed by atoms with Crippen molar-refractivity contribution in [2.45, 2.75) is 0 Å². The Hall–Kier alpha value is 4.06. The van der Waals surface area contributed by atoms with E-state index >= 15 is 0 Å². The molecule has 0 aromatic rings. The van der Waals surface area contributed by atoms with Crippen molar-refractivity contribution in [2.24, 2.45) is 0 Å². The van der Waals surface area contributed by atoms with E-state index in [0.717, 1.165) is 0 Å². The molecule has 0 rings (SSSR count). The van der Waals surface area contributed by atoms with E-state index < -0.39 is 7.31 Å². The zero-order valence-corrected chi connectivity index (χ0v) is 13.3. The van der Waals surface area contributed by atoms with Gasteiger partial charge in [0.25, 0.3) is 0 Å². The maximum Gasteiger partial charge on any atom is 0 e. The fraction of sp³-hybridized carbons (Fsp3) is 0. The van der Waals surface area contributed by atoms with Crippen LogP contribution in [0.2, 0.25) is 0 Å². The summed E-state index contributed by atoms with van der Waals surface area (Å²) in [5.41, 5.74) is 0. The standard InChI is InChI=1S/6ClH.K.Mo/h6*1H;;/q;;;;;;;+6/p-6. The number of halogens is 6. The van der Waals surface area contributed by atoms with Crippen LogP contribution in [0.1, 0.15) is 0 Å². The molecule has 0 aliphatic carbocycles. The summed E-state index contributed by atoms with van der Waals surface area (Å²) in [4.78, 5) is 0. The van der Waals surface area contributed by atoms with Crippen molar-refractivity contribution in [2.75, 3.05) is 0 Å². The normalized spacial score (nSPS) is 20.2. The largest absolute Gasteiger partial charge is 0 e. The maximum absolute atomic E-state index is 5.35. The van der Waals surface area contributed by atoms with Crippen LogP contribution in [0.5, 0.6) is 0 Å². The molecule has 0 bridgehead atoms. The minimum atomic E-state index is -5.35. The van der Waals surface area contributed by atoms with Gasteiger partial charge in [-0.3, -0.25) is 0 Å². The molecule has 0 aromatic carbocycles. The van der Waals surface area contributed by atoms with E-state index in [0.29, 0.717) is 0 Å². The Morgan fingerprint density at radius 2 is 0.625 bits per heavy atom. The van der Waals surface area contributed by atoms with Crippen LogP contribution in [0.15, 0.2) is 0 Å². The second-order valence-electron chi connectivity index (χ2n) is 0.875. The Morgan fingerprint density at radius 1 is 0.625 bits per heavy atom. The third kappa shape index (κ3) is 50.1. The minimum absolute atomic E-state index is 0. The molecule has 8 heteroatoms. The molecule has 0 unspecified atom stereocenters. The topological polar surface area (TPSA) is 0 Å². The van der Waals surface area contributed by atoms with Crippen LogP contribution >= 0.6 is 56.5 Å². The quantitative estimate of drug-likeness (QED) is 0.585. The smallest absolute Gasteiger partial charge is 0 e. The zero-order valence-electron chi connectivity index (χ0n) is 3.68. The number of hydrogen-bond acceptors (Lipinski definition) is 0. The van der Waals surface area contributed by atoms with Crippen molar-refractivity contribution in [3.8, 4) is 0 Å². The summed E-state index contributed by atoms with van der Waals surface area (Å²) in [6, 6.07) is 0. The summed E-state index contributed by atoms with van der Waals surface area (Å²) in [6.45, 7) is 0. The fourth-order valence-electron chi connectivity index (χ4n) is 0. The third-order valence-electron chi connectivity index (χ3n) is 0. The van der Waals surface area contributed by atoms with Gasteiger partial charge < -0.3 is 0 Å². The van der Waals surface area contributed by atoms with Crippen LogP contribution in [0.25, 0.3) is 0 Å². The van der Waals surface area contributed by atoms with Crippen LogP contribution < -0.4 is 0 Å². The van der Waals surface area contributed by atoms with Crippen LogP contribution in [0.3, 0.4) is 0 Å². The molecule has 0 aromatic heterocycles. The molecule has 0 N–H and O–H groups in total. The molecule has 0 saturated carbocycles. The van der Waals surface area contributed by atoms with E-state index in [2.05, 4.69) is 0 Å². The summed E-state index contributed by atoms with van der Waals surface area (Å²) in [7, 11) is 25.0. The van der Waals surface area contributed by atoms with E-state index in [1.165, 1.54) is 0 Å². The predicted octanol–water partition coefficient (Wildman–Crippen LogP) is 3.75. The Labute approximate surface area is 112 Å². The molecular formula is Cl6KMo. The molecule has 0 aliphatic rings. The molecule has 0 heterocycles. The minimum Gasteiger partial charge on any atom is 0 e. The van der Waals surface area contributed by atoms with Gasteiger partial charge >= 0.3 is 63.8 Å². The molecule has 0 amide bonds. The Morgan fingerprint density at radius 3 is 0.625 bits per heavy atom. The summed E-state index contributed by atoms with van der Waals surface area (Å²) in [6.07, 6.45) is 0. The van der Waals surface area contributed by atoms with Gasteiger partial charge in [0.2, 0.25) is 0 Å². The van der Waals surface area contributed by atoms with E-state index in [9.17, 15) is 0 Å². The van der Waals surface area contributed by atoms with Crippen LogP contribution in [-0.2, 0) is 7.31 Å². The van der Waals surface area contributed by atoms with Gasteiger partial charge in [-0.1, -0.05) is 0 Å². The number of hydrogen-bond donors (Lipinski definition) is 0. The molecule has 0 saturated heterocycles. The zero-order chi connectivity index (χ0) is 6.41. The van der Waals surface area contributed by atoms with E-state index in [1.807, 2.05) is 0 Å². The Bertz CT molecular complexity index is 67.1. The molecule has 49 valence electrons. The number of rotatable bonds is 0. The molecule has 0 fully saturated rings. The average Bonchev–Trinajstić information content (AvgIpc) is 0.592. The first kappa shape index (κ1) is 14.6.